The molecule has 0 aliphatic heterocycles. The maximum absolute atomic E-state index is 13.0. The minimum absolute atomic E-state index is 0.0336. The lowest BCUT2D eigenvalue weighted by Crippen LogP contribution is -2.43. The van der Waals surface area contributed by atoms with Crippen molar-refractivity contribution < 1.29 is 48.0 Å². The van der Waals surface area contributed by atoms with Gasteiger partial charge in [0.05, 0.1) is 6.61 Å². The molecule has 1 rings (SSSR count). The predicted octanol–water partition coefficient (Wildman–Crippen LogP) is 6.18. The number of alkyl carbamates (subject to hydrolysis) is 2. The van der Waals surface area contributed by atoms with Gasteiger partial charge in [0.25, 0.3) is 0 Å². The Bertz CT molecular complexity index is 1220. The van der Waals surface area contributed by atoms with E-state index in [0.29, 0.717) is 64.8 Å². The van der Waals surface area contributed by atoms with Crippen LogP contribution >= 0.6 is 0 Å². The van der Waals surface area contributed by atoms with Crippen molar-refractivity contribution in [1.82, 2.24) is 20.4 Å². The number of carbonyl (C=O) groups is 5. The SMILES string of the molecule is CC(C)(C)OC(=O)NCCCN(CCCCN(CCCCC(=O)[C@H](CO)NC(=O)OCc1ccccc1)C(=O)OC(C)(C)C)C(=O)OC(C)(C)C. The molecular weight excluding hydrogens is 660 g/mol. The third-order valence-electron chi connectivity index (χ3n) is 6.86. The average molecular weight is 723 g/mol. The van der Waals surface area contributed by atoms with Crippen LogP contribution in [-0.4, -0.2) is 107 Å². The van der Waals surface area contributed by atoms with Crippen molar-refractivity contribution in [3.8, 4) is 0 Å². The summed E-state index contributed by atoms with van der Waals surface area (Å²) in [7, 11) is 0. The highest BCUT2D eigenvalue weighted by molar-refractivity contribution is 5.87. The number of ether oxygens (including phenoxy) is 4. The molecular formula is C37H62N4O10. The van der Waals surface area contributed by atoms with Gasteiger partial charge in [-0.3, -0.25) is 4.79 Å². The van der Waals surface area contributed by atoms with Gasteiger partial charge in [0.15, 0.2) is 5.78 Å². The molecule has 0 saturated carbocycles. The van der Waals surface area contributed by atoms with Crippen LogP contribution in [0, 0.1) is 0 Å². The van der Waals surface area contributed by atoms with Crippen LogP contribution < -0.4 is 10.6 Å². The maximum atomic E-state index is 13.0. The highest BCUT2D eigenvalue weighted by Gasteiger charge is 2.25. The van der Waals surface area contributed by atoms with E-state index in [1.54, 1.807) is 84.2 Å². The lowest BCUT2D eigenvalue weighted by molar-refractivity contribution is -0.122. The Morgan fingerprint density at radius 1 is 0.667 bits per heavy atom. The van der Waals surface area contributed by atoms with E-state index < -0.39 is 53.8 Å². The van der Waals surface area contributed by atoms with E-state index in [1.165, 1.54) is 0 Å². The summed E-state index contributed by atoms with van der Waals surface area (Å²) in [5.41, 5.74) is -1.21. The van der Waals surface area contributed by atoms with Crippen LogP contribution in [-0.2, 0) is 30.3 Å². The zero-order valence-corrected chi connectivity index (χ0v) is 32.2. The predicted molar refractivity (Wildman–Crippen MR) is 193 cm³/mol. The zero-order chi connectivity index (χ0) is 38.7. The second-order valence-corrected chi connectivity index (χ2v) is 15.3. The van der Waals surface area contributed by atoms with Gasteiger partial charge in [-0.15, -0.1) is 0 Å². The summed E-state index contributed by atoms with van der Waals surface area (Å²) in [6.45, 7) is 17.3. The number of nitrogens with zero attached hydrogens (tertiary/aromatic N) is 2. The first kappa shape index (κ1) is 45.0. The lowest BCUT2D eigenvalue weighted by Gasteiger charge is -2.29. The van der Waals surface area contributed by atoms with Crippen molar-refractivity contribution in [2.75, 3.05) is 39.3 Å². The maximum Gasteiger partial charge on any atom is 0.410 e. The Kier molecular flexibility index (Phi) is 19.4. The smallest absolute Gasteiger partial charge is 0.410 e. The molecule has 0 bridgehead atoms. The number of rotatable bonds is 19. The Hall–Kier alpha value is -4.07. The van der Waals surface area contributed by atoms with E-state index in [2.05, 4.69) is 10.6 Å². The topological polar surface area (TPSA) is 173 Å². The lowest BCUT2D eigenvalue weighted by atomic mass is 10.1. The molecule has 0 aliphatic rings. The molecule has 0 radical (unpaired) electrons. The summed E-state index contributed by atoms with van der Waals surface area (Å²) >= 11 is 0. The number of carbonyl (C=O) groups excluding carboxylic acids is 5. The Morgan fingerprint density at radius 3 is 1.61 bits per heavy atom. The fourth-order valence-corrected chi connectivity index (χ4v) is 4.53. The summed E-state index contributed by atoms with van der Waals surface area (Å²) in [6, 6.07) is 7.99. The molecule has 1 aromatic carbocycles. The molecule has 51 heavy (non-hydrogen) atoms. The summed E-state index contributed by atoms with van der Waals surface area (Å²) in [5.74, 6) is -0.346. The summed E-state index contributed by atoms with van der Waals surface area (Å²) in [6.07, 6.45) is 0.330. The van der Waals surface area contributed by atoms with Gasteiger partial charge >= 0.3 is 24.4 Å². The van der Waals surface area contributed by atoms with Gasteiger partial charge in [0.1, 0.15) is 29.5 Å². The number of benzene rings is 1. The number of unbranched alkanes of at least 4 members (excludes halogenated alkanes) is 2. The van der Waals surface area contributed by atoms with Crippen LogP contribution in [0.2, 0.25) is 0 Å². The van der Waals surface area contributed by atoms with Crippen LogP contribution in [0.3, 0.4) is 0 Å². The first-order valence-corrected chi connectivity index (χ1v) is 17.7. The molecule has 1 atom stereocenters. The van der Waals surface area contributed by atoms with Crippen molar-refractivity contribution in [2.45, 2.75) is 130 Å². The molecule has 3 N–H and O–H groups in total. The quantitative estimate of drug-likeness (QED) is 0.111. The Morgan fingerprint density at radius 2 is 1.14 bits per heavy atom. The second-order valence-electron chi connectivity index (χ2n) is 15.3. The molecule has 4 amide bonds. The molecule has 14 heteroatoms. The standard InChI is InChI=1S/C37H62N4O10/c1-35(2,3)49-31(44)38-21-17-25-41(34(47)51-37(7,8)9)24-16-15-23-40(33(46)50-36(4,5)6)22-14-13-20-30(43)29(26-42)39-32(45)48-27-28-18-11-10-12-19-28/h10-12,18-19,29,42H,13-17,20-27H2,1-9H3,(H,38,44)(H,39,45)/t29-/m0/s1. The van der Waals surface area contributed by atoms with Crippen molar-refractivity contribution in [1.29, 1.82) is 0 Å². The van der Waals surface area contributed by atoms with Gasteiger partial charge in [-0.05, 0) is 100.0 Å². The van der Waals surface area contributed by atoms with Gasteiger partial charge in [0, 0.05) is 39.1 Å². The monoisotopic (exact) mass is 722 g/mol. The summed E-state index contributed by atoms with van der Waals surface area (Å²) < 4.78 is 21.6. The number of hydrogen-bond donors (Lipinski definition) is 3. The van der Waals surface area contributed by atoms with E-state index in [1.807, 2.05) is 18.2 Å². The van der Waals surface area contributed by atoms with Crippen molar-refractivity contribution in [3.05, 3.63) is 35.9 Å². The van der Waals surface area contributed by atoms with E-state index >= 15 is 0 Å². The van der Waals surface area contributed by atoms with Crippen LogP contribution in [0.5, 0.6) is 0 Å². The fraction of sp³-hybridized carbons (Fsp3) is 0.703. The highest BCUT2D eigenvalue weighted by Crippen LogP contribution is 2.14. The molecule has 0 fully saturated rings. The highest BCUT2D eigenvalue weighted by atomic mass is 16.6. The van der Waals surface area contributed by atoms with Crippen molar-refractivity contribution in [2.24, 2.45) is 0 Å². The molecule has 14 nitrogen and oxygen atoms in total. The first-order valence-electron chi connectivity index (χ1n) is 17.7. The Balaban J connectivity index is 2.67. The van der Waals surface area contributed by atoms with Crippen LogP contribution in [0.15, 0.2) is 30.3 Å². The Labute approximate surface area is 303 Å². The minimum Gasteiger partial charge on any atom is -0.445 e. The summed E-state index contributed by atoms with van der Waals surface area (Å²) in [4.78, 5) is 66.1. The molecule has 0 unspecified atom stereocenters. The van der Waals surface area contributed by atoms with Gasteiger partial charge in [-0.2, -0.15) is 0 Å². The van der Waals surface area contributed by atoms with E-state index in [0.717, 1.165) is 5.56 Å². The largest absolute Gasteiger partial charge is 0.445 e. The number of nitrogens with one attached hydrogen (secondary N) is 2. The molecule has 0 aromatic heterocycles. The first-order chi connectivity index (χ1) is 23.7. The average Bonchev–Trinajstić information content (AvgIpc) is 3.00. The number of aliphatic hydroxyl groups is 1. The number of Topliss-reactive ketones (excluding diaryl/α,β-unsaturated/α-hetero) is 1. The molecule has 1 aromatic rings. The van der Waals surface area contributed by atoms with Gasteiger partial charge in [0.2, 0.25) is 0 Å². The van der Waals surface area contributed by atoms with Gasteiger partial charge in [-0.1, -0.05) is 30.3 Å². The molecule has 290 valence electrons. The third-order valence-corrected chi connectivity index (χ3v) is 6.86. The number of aliphatic hydroxyl groups excluding tert-OH is 1. The zero-order valence-electron chi connectivity index (χ0n) is 32.2. The van der Waals surface area contributed by atoms with Crippen LogP contribution in [0.4, 0.5) is 19.2 Å². The van der Waals surface area contributed by atoms with E-state index in [4.69, 9.17) is 18.9 Å². The number of hydrogen-bond acceptors (Lipinski definition) is 10. The normalized spacial score (nSPS) is 12.3. The van der Waals surface area contributed by atoms with Gasteiger partial charge in [-0.25, -0.2) is 19.2 Å². The number of ketones is 1. The van der Waals surface area contributed by atoms with E-state index in [9.17, 15) is 29.1 Å². The molecule has 0 saturated heterocycles. The number of amides is 4. The molecule has 0 aliphatic carbocycles. The fourth-order valence-electron chi connectivity index (χ4n) is 4.53. The van der Waals surface area contributed by atoms with E-state index in [-0.39, 0.29) is 18.8 Å². The minimum atomic E-state index is -1.10. The van der Waals surface area contributed by atoms with Crippen molar-refractivity contribution in [3.63, 3.8) is 0 Å². The molecule has 0 spiro atoms. The van der Waals surface area contributed by atoms with Gasteiger partial charge < -0.3 is 44.5 Å². The molecule has 0 heterocycles. The third kappa shape index (κ3) is 22.4. The van der Waals surface area contributed by atoms with Crippen LogP contribution in [0.25, 0.3) is 0 Å². The second kappa shape index (κ2) is 22.0. The van der Waals surface area contributed by atoms with Crippen molar-refractivity contribution >= 4 is 30.2 Å². The van der Waals surface area contributed by atoms with Crippen LogP contribution in [0.1, 0.15) is 106 Å². The summed E-state index contributed by atoms with van der Waals surface area (Å²) in [5, 5.41) is 14.8.